The molecule has 0 radical (unpaired) electrons. The predicted octanol–water partition coefficient (Wildman–Crippen LogP) is 3.82. The number of anilines is 2. The first-order valence-electron chi connectivity index (χ1n) is 7.21. The van der Waals surface area contributed by atoms with E-state index in [2.05, 4.69) is 24.0 Å². The Hall–Kier alpha value is -1.98. The van der Waals surface area contributed by atoms with Gasteiger partial charge in [-0.25, -0.2) is 4.79 Å². The first-order chi connectivity index (χ1) is 10.6. The van der Waals surface area contributed by atoms with E-state index in [0.29, 0.717) is 5.56 Å². The number of para-hydroxylation sites is 1. The fourth-order valence-corrected chi connectivity index (χ4v) is 3.77. The summed E-state index contributed by atoms with van der Waals surface area (Å²) in [6.45, 7) is 3.03. The normalized spacial score (nSPS) is 14.2. The Morgan fingerprint density at radius 1 is 1.18 bits per heavy atom. The molecule has 0 fully saturated rings. The maximum atomic E-state index is 11.0. The number of hydrogen-bond acceptors (Lipinski definition) is 4. The average molecular weight is 315 g/mol. The molecule has 1 heterocycles. The van der Waals surface area contributed by atoms with E-state index in [1.54, 1.807) is 23.9 Å². The van der Waals surface area contributed by atoms with Crippen LogP contribution in [0.1, 0.15) is 25.0 Å². The maximum Gasteiger partial charge on any atom is 0.337 e. The third kappa shape index (κ3) is 2.58. The van der Waals surface area contributed by atoms with E-state index in [0.717, 1.165) is 28.4 Å². The summed E-state index contributed by atoms with van der Waals surface area (Å²) in [5, 5.41) is 18.7. The van der Waals surface area contributed by atoms with Gasteiger partial charge in [-0.05, 0) is 36.2 Å². The second-order valence-electron chi connectivity index (χ2n) is 5.19. The van der Waals surface area contributed by atoms with Gasteiger partial charge >= 0.3 is 5.97 Å². The van der Waals surface area contributed by atoms with Crippen molar-refractivity contribution in [1.29, 1.82) is 0 Å². The fourth-order valence-electron chi connectivity index (χ4n) is 2.63. The van der Waals surface area contributed by atoms with E-state index in [-0.39, 0.29) is 0 Å². The topological polar surface area (TPSA) is 60.8 Å². The number of nitrogens with zero attached hydrogens (tertiary/aromatic N) is 1. The lowest BCUT2D eigenvalue weighted by Gasteiger charge is -2.33. The molecule has 2 aromatic rings. The molecule has 1 aliphatic heterocycles. The van der Waals surface area contributed by atoms with Gasteiger partial charge in [0.15, 0.2) is 6.10 Å². The molecule has 2 N–H and O–H groups in total. The van der Waals surface area contributed by atoms with Crippen LogP contribution in [-0.2, 0) is 4.79 Å². The highest BCUT2D eigenvalue weighted by Crippen LogP contribution is 2.48. The second kappa shape index (κ2) is 6.02. The lowest BCUT2D eigenvalue weighted by atomic mass is 10.1. The number of aliphatic hydroxyl groups excluding tert-OH is 1. The Kier molecular flexibility index (Phi) is 4.09. The van der Waals surface area contributed by atoms with Crippen LogP contribution in [0.4, 0.5) is 11.4 Å². The zero-order valence-corrected chi connectivity index (χ0v) is 13.0. The van der Waals surface area contributed by atoms with Crippen LogP contribution in [0.25, 0.3) is 0 Å². The number of carboxylic acid groups (broad SMARTS) is 1. The van der Waals surface area contributed by atoms with Gasteiger partial charge in [0.05, 0.1) is 11.4 Å². The van der Waals surface area contributed by atoms with Gasteiger partial charge in [-0.1, -0.05) is 36.9 Å². The summed E-state index contributed by atoms with van der Waals surface area (Å²) in [6, 6.07) is 13.5. The number of rotatable bonds is 4. The summed E-state index contributed by atoms with van der Waals surface area (Å²) in [7, 11) is 0. The lowest BCUT2D eigenvalue weighted by Crippen LogP contribution is -2.21. The first-order valence-corrected chi connectivity index (χ1v) is 8.02. The zero-order valence-electron chi connectivity index (χ0n) is 12.2. The molecule has 0 saturated heterocycles. The van der Waals surface area contributed by atoms with Crippen LogP contribution in [0.2, 0.25) is 0 Å². The van der Waals surface area contributed by atoms with Crippen LogP contribution in [0.5, 0.6) is 0 Å². The molecule has 1 aliphatic rings. The Labute approximate surface area is 133 Å². The molecule has 2 aromatic carbocycles. The van der Waals surface area contributed by atoms with E-state index in [4.69, 9.17) is 5.11 Å². The minimum atomic E-state index is -1.48. The fraction of sp³-hybridized carbons (Fsp3) is 0.235. The highest BCUT2D eigenvalue weighted by Gasteiger charge is 2.25. The largest absolute Gasteiger partial charge is 0.479 e. The zero-order chi connectivity index (χ0) is 15.7. The first kappa shape index (κ1) is 14.9. The number of aliphatic carboxylic acids is 1. The minimum absolute atomic E-state index is 0.412. The van der Waals surface area contributed by atoms with Crippen LogP contribution in [0.3, 0.4) is 0 Å². The smallest absolute Gasteiger partial charge is 0.337 e. The van der Waals surface area contributed by atoms with E-state index in [1.165, 1.54) is 5.69 Å². The predicted molar refractivity (Wildman–Crippen MR) is 86.9 cm³/mol. The molecule has 0 aliphatic carbocycles. The van der Waals surface area contributed by atoms with Crippen molar-refractivity contribution in [3.63, 3.8) is 0 Å². The monoisotopic (exact) mass is 315 g/mol. The Balaban J connectivity index is 2.06. The highest BCUT2D eigenvalue weighted by molar-refractivity contribution is 7.99. The summed E-state index contributed by atoms with van der Waals surface area (Å²) in [4.78, 5) is 15.3. The number of carbonyl (C=O) groups is 1. The molecular formula is C17H17NO3S. The van der Waals surface area contributed by atoms with Crippen LogP contribution in [0.15, 0.2) is 52.3 Å². The number of carboxylic acids is 1. The molecular weight excluding hydrogens is 298 g/mol. The van der Waals surface area contributed by atoms with Crippen molar-refractivity contribution in [2.24, 2.45) is 0 Å². The van der Waals surface area contributed by atoms with Crippen molar-refractivity contribution >= 4 is 29.1 Å². The highest BCUT2D eigenvalue weighted by atomic mass is 32.2. The van der Waals surface area contributed by atoms with E-state index < -0.39 is 12.1 Å². The molecule has 0 spiro atoms. The van der Waals surface area contributed by atoms with Crippen molar-refractivity contribution in [2.75, 3.05) is 11.4 Å². The standard InChI is InChI=1S/C17H17NO3S/c1-2-9-18-12-5-3-4-6-14(12)22-15-10-11(7-8-13(15)18)16(19)17(20)21/h3-8,10,16,19H,2,9H2,1H3,(H,20,21)/t16-/m0/s1. The molecule has 0 unspecified atom stereocenters. The number of fused-ring (bicyclic) bond motifs is 2. The summed E-state index contributed by atoms with van der Waals surface area (Å²) in [5.74, 6) is -1.23. The van der Waals surface area contributed by atoms with Gasteiger partial charge in [0.1, 0.15) is 0 Å². The van der Waals surface area contributed by atoms with E-state index in [9.17, 15) is 9.90 Å². The maximum absolute atomic E-state index is 11.0. The third-order valence-electron chi connectivity index (χ3n) is 3.65. The lowest BCUT2D eigenvalue weighted by molar-refractivity contribution is -0.146. The molecule has 1 atom stereocenters. The quantitative estimate of drug-likeness (QED) is 0.898. The number of benzene rings is 2. The van der Waals surface area contributed by atoms with Gasteiger partial charge in [0.2, 0.25) is 0 Å². The van der Waals surface area contributed by atoms with Crippen molar-refractivity contribution in [3.8, 4) is 0 Å². The summed E-state index contributed by atoms with van der Waals surface area (Å²) < 4.78 is 0. The summed E-state index contributed by atoms with van der Waals surface area (Å²) in [5.41, 5.74) is 2.65. The Morgan fingerprint density at radius 2 is 1.91 bits per heavy atom. The van der Waals surface area contributed by atoms with Crippen molar-refractivity contribution in [1.82, 2.24) is 0 Å². The van der Waals surface area contributed by atoms with Gasteiger partial charge < -0.3 is 15.1 Å². The van der Waals surface area contributed by atoms with Crippen molar-refractivity contribution in [3.05, 3.63) is 48.0 Å². The summed E-state index contributed by atoms with van der Waals surface area (Å²) >= 11 is 1.61. The summed E-state index contributed by atoms with van der Waals surface area (Å²) in [6.07, 6.45) is -0.472. The Bertz CT molecular complexity index is 717. The molecule has 114 valence electrons. The van der Waals surface area contributed by atoms with Crippen LogP contribution in [0, 0.1) is 0 Å². The molecule has 0 amide bonds. The van der Waals surface area contributed by atoms with Gasteiger partial charge in [0.25, 0.3) is 0 Å². The minimum Gasteiger partial charge on any atom is -0.479 e. The van der Waals surface area contributed by atoms with Crippen LogP contribution < -0.4 is 4.90 Å². The molecule has 22 heavy (non-hydrogen) atoms. The van der Waals surface area contributed by atoms with Gasteiger partial charge in [-0.15, -0.1) is 0 Å². The van der Waals surface area contributed by atoms with Crippen molar-refractivity contribution < 1.29 is 15.0 Å². The van der Waals surface area contributed by atoms with Gasteiger partial charge in [-0.3, -0.25) is 0 Å². The average Bonchev–Trinajstić information content (AvgIpc) is 2.53. The number of hydrogen-bond donors (Lipinski definition) is 2. The van der Waals surface area contributed by atoms with Gasteiger partial charge in [0, 0.05) is 16.3 Å². The van der Waals surface area contributed by atoms with E-state index in [1.807, 2.05) is 18.2 Å². The molecule has 3 rings (SSSR count). The number of aliphatic hydroxyl groups is 1. The molecule has 0 aromatic heterocycles. The Morgan fingerprint density at radius 3 is 2.64 bits per heavy atom. The van der Waals surface area contributed by atoms with Crippen molar-refractivity contribution in [2.45, 2.75) is 29.2 Å². The van der Waals surface area contributed by atoms with Crippen LogP contribution in [-0.4, -0.2) is 22.7 Å². The second-order valence-corrected chi connectivity index (χ2v) is 6.27. The molecule has 5 heteroatoms. The molecule has 0 saturated carbocycles. The van der Waals surface area contributed by atoms with Crippen LogP contribution >= 0.6 is 11.8 Å². The molecule has 0 bridgehead atoms. The third-order valence-corrected chi connectivity index (χ3v) is 4.76. The van der Waals surface area contributed by atoms with Gasteiger partial charge in [-0.2, -0.15) is 0 Å². The van der Waals surface area contributed by atoms with E-state index >= 15 is 0 Å². The SMILES string of the molecule is CCCN1c2ccccc2Sc2cc([C@H](O)C(=O)O)ccc21. The molecule has 4 nitrogen and oxygen atoms in total.